The summed E-state index contributed by atoms with van der Waals surface area (Å²) in [5.74, 6) is -0.682. The van der Waals surface area contributed by atoms with Crippen molar-refractivity contribution < 1.29 is 14.3 Å². The lowest BCUT2D eigenvalue weighted by Gasteiger charge is -2.20. The van der Waals surface area contributed by atoms with Gasteiger partial charge in [-0.1, -0.05) is 19.1 Å². The number of methoxy groups -OCH3 is 1. The Hall–Kier alpha value is -1.75. The van der Waals surface area contributed by atoms with Gasteiger partial charge in [-0.15, -0.1) is 12.4 Å². The van der Waals surface area contributed by atoms with E-state index in [0.717, 1.165) is 5.56 Å². The molecule has 0 bridgehead atoms. The molecule has 6 heteroatoms. The van der Waals surface area contributed by atoms with Crippen LogP contribution in [0.4, 0.5) is 5.69 Å². The first kappa shape index (κ1) is 18.2. The molecule has 0 saturated carbocycles. The van der Waals surface area contributed by atoms with Crippen LogP contribution in [-0.4, -0.2) is 37.5 Å². The fourth-order valence-electron chi connectivity index (χ4n) is 1.73. The fraction of sp³-hybridized carbons (Fsp3) is 0.429. The minimum absolute atomic E-state index is 0. The van der Waals surface area contributed by atoms with E-state index in [4.69, 9.17) is 5.73 Å². The Bertz CT molecular complexity index is 448. The number of likely N-dealkylation sites (N-methyl/N-ethyl adjacent to an activating group) is 1. The van der Waals surface area contributed by atoms with Crippen molar-refractivity contribution in [3.63, 3.8) is 0 Å². The highest BCUT2D eigenvalue weighted by molar-refractivity contribution is 5.85. The maximum atomic E-state index is 12.0. The molecule has 5 nitrogen and oxygen atoms in total. The Labute approximate surface area is 125 Å². The van der Waals surface area contributed by atoms with E-state index in [9.17, 15) is 9.59 Å². The first-order valence-corrected chi connectivity index (χ1v) is 6.10. The lowest BCUT2D eigenvalue weighted by atomic mass is 10.1. The van der Waals surface area contributed by atoms with Crippen molar-refractivity contribution in [1.82, 2.24) is 4.90 Å². The zero-order valence-corrected chi connectivity index (χ0v) is 12.8. The Morgan fingerprint density at radius 3 is 2.35 bits per heavy atom. The fourth-order valence-corrected chi connectivity index (χ4v) is 1.73. The molecule has 0 saturated heterocycles. The van der Waals surface area contributed by atoms with Gasteiger partial charge in [0, 0.05) is 19.3 Å². The van der Waals surface area contributed by atoms with Gasteiger partial charge in [-0.25, -0.2) is 0 Å². The highest BCUT2D eigenvalue weighted by atomic mass is 35.5. The molecule has 0 spiro atoms. The van der Waals surface area contributed by atoms with Crippen LogP contribution in [0.3, 0.4) is 0 Å². The molecule has 0 radical (unpaired) electrons. The van der Waals surface area contributed by atoms with E-state index in [1.807, 2.05) is 12.1 Å². The first-order valence-electron chi connectivity index (χ1n) is 6.10. The van der Waals surface area contributed by atoms with E-state index in [1.54, 1.807) is 26.1 Å². The number of hydrogen-bond donors (Lipinski definition) is 1. The number of nitrogens with two attached hydrogens (primary N) is 1. The van der Waals surface area contributed by atoms with Gasteiger partial charge < -0.3 is 15.4 Å². The highest BCUT2D eigenvalue weighted by Gasteiger charge is 2.18. The minimum Gasteiger partial charge on any atom is -0.469 e. The zero-order chi connectivity index (χ0) is 14.4. The maximum Gasteiger partial charge on any atom is 0.310 e. The summed E-state index contributed by atoms with van der Waals surface area (Å²) in [6, 6.07) is 7.18. The summed E-state index contributed by atoms with van der Waals surface area (Å²) in [5.41, 5.74) is 7.16. The van der Waals surface area contributed by atoms with Crippen LogP contribution >= 0.6 is 12.4 Å². The molecule has 0 aliphatic carbocycles. The first-order chi connectivity index (χ1) is 8.93. The molecule has 1 unspecified atom stereocenters. The Balaban J connectivity index is 0.00000361. The highest BCUT2D eigenvalue weighted by Crippen LogP contribution is 2.08. The standard InChI is InChI=1S/C14H20N2O3.ClH/c1-10(14(18)19-3)9-16(2)13(17)8-11-4-6-12(15)7-5-11;/h4-7,10H,8-9,15H2,1-3H3;1H. The molecule has 0 fully saturated rings. The van der Waals surface area contributed by atoms with E-state index in [2.05, 4.69) is 4.74 Å². The number of nitrogen functional groups attached to an aromatic ring is 1. The smallest absolute Gasteiger partial charge is 0.310 e. The van der Waals surface area contributed by atoms with Crippen LogP contribution in [0.2, 0.25) is 0 Å². The van der Waals surface area contributed by atoms with Gasteiger partial charge in [-0.05, 0) is 17.7 Å². The van der Waals surface area contributed by atoms with Gasteiger partial charge in [0.25, 0.3) is 0 Å². The number of benzene rings is 1. The van der Waals surface area contributed by atoms with Crippen LogP contribution in [-0.2, 0) is 20.7 Å². The minimum atomic E-state index is -0.328. The molecule has 1 aromatic carbocycles. The number of carbonyl (C=O) groups is 2. The molecule has 1 aromatic rings. The molecule has 20 heavy (non-hydrogen) atoms. The molecule has 0 aromatic heterocycles. The van der Waals surface area contributed by atoms with Gasteiger partial charge in [0.2, 0.25) is 5.91 Å². The summed E-state index contributed by atoms with van der Waals surface area (Å²) in [5, 5.41) is 0. The van der Waals surface area contributed by atoms with Crippen molar-refractivity contribution in [2.75, 3.05) is 26.4 Å². The molecule has 1 atom stereocenters. The maximum absolute atomic E-state index is 12.0. The van der Waals surface area contributed by atoms with E-state index in [-0.39, 0.29) is 30.2 Å². The summed E-state index contributed by atoms with van der Waals surface area (Å²) < 4.78 is 4.63. The third-order valence-electron chi connectivity index (χ3n) is 2.91. The van der Waals surface area contributed by atoms with Crippen LogP contribution < -0.4 is 5.73 Å². The van der Waals surface area contributed by atoms with E-state index < -0.39 is 0 Å². The van der Waals surface area contributed by atoms with E-state index in [0.29, 0.717) is 18.7 Å². The lowest BCUT2D eigenvalue weighted by Crippen LogP contribution is -2.35. The average Bonchev–Trinajstić information content (AvgIpc) is 2.40. The Morgan fingerprint density at radius 1 is 1.30 bits per heavy atom. The number of halogens is 1. The van der Waals surface area contributed by atoms with Crippen molar-refractivity contribution in [3.05, 3.63) is 29.8 Å². The van der Waals surface area contributed by atoms with Gasteiger partial charge in [-0.3, -0.25) is 9.59 Å². The number of hydrogen-bond acceptors (Lipinski definition) is 4. The molecule has 1 amide bonds. The SMILES string of the molecule is COC(=O)C(C)CN(C)C(=O)Cc1ccc(N)cc1.Cl. The molecule has 2 N–H and O–H groups in total. The molecular formula is C14H21ClN2O3. The van der Waals surface area contributed by atoms with Crippen molar-refractivity contribution >= 4 is 30.0 Å². The van der Waals surface area contributed by atoms with Gasteiger partial charge in [0.15, 0.2) is 0 Å². The lowest BCUT2D eigenvalue weighted by molar-refractivity contribution is -0.146. The van der Waals surface area contributed by atoms with Crippen LogP contribution in [0.15, 0.2) is 24.3 Å². The number of esters is 1. The van der Waals surface area contributed by atoms with Crippen LogP contribution in [0, 0.1) is 5.92 Å². The number of carbonyl (C=O) groups excluding carboxylic acids is 2. The number of nitrogens with zero attached hydrogens (tertiary/aromatic N) is 1. The normalized spacial score (nSPS) is 11.2. The van der Waals surface area contributed by atoms with E-state index in [1.165, 1.54) is 12.0 Å². The molecule has 0 aliphatic rings. The van der Waals surface area contributed by atoms with Crippen LogP contribution in [0.5, 0.6) is 0 Å². The molecule has 0 aliphatic heterocycles. The summed E-state index contributed by atoms with van der Waals surface area (Å²) in [7, 11) is 3.02. The van der Waals surface area contributed by atoms with Crippen molar-refractivity contribution in [2.45, 2.75) is 13.3 Å². The third-order valence-corrected chi connectivity index (χ3v) is 2.91. The van der Waals surface area contributed by atoms with Gasteiger partial charge >= 0.3 is 5.97 Å². The topological polar surface area (TPSA) is 72.6 Å². The summed E-state index contributed by atoms with van der Waals surface area (Å²) in [6.07, 6.45) is 0.296. The predicted octanol–water partition coefficient (Wildman–Crippen LogP) is 1.50. The van der Waals surface area contributed by atoms with Crippen LogP contribution in [0.1, 0.15) is 12.5 Å². The zero-order valence-electron chi connectivity index (χ0n) is 12.0. The predicted molar refractivity (Wildman–Crippen MR) is 80.6 cm³/mol. The van der Waals surface area contributed by atoms with Crippen molar-refractivity contribution in [2.24, 2.45) is 5.92 Å². The van der Waals surface area contributed by atoms with Gasteiger partial charge in [0.05, 0.1) is 19.4 Å². The monoisotopic (exact) mass is 300 g/mol. The molecule has 0 heterocycles. The average molecular weight is 301 g/mol. The second kappa shape index (κ2) is 8.43. The number of anilines is 1. The summed E-state index contributed by atoms with van der Waals surface area (Å²) in [4.78, 5) is 24.8. The number of ether oxygens (including phenoxy) is 1. The largest absolute Gasteiger partial charge is 0.469 e. The summed E-state index contributed by atoms with van der Waals surface area (Å²) in [6.45, 7) is 2.08. The van der Waals surface area contributed by atoms with E-state index >= 15 is 0 Å². The van der Waals surface area contributed by atoms with Crippen molar-refractivity contribution in [3.8, 4) is 0 Å². The second-order valence-corrected chi connectivity index (χ2v) is 4.62. The summed E-state index contributed by atoms with van der Waals surface area (Å²) >= 11 is 0. The van der Waals surface area contributed by atoms with Gasteiger partial charge in [-0.2, -0.15) is 0 Å². The second-order valence-electron chi connectivity index (χ2n) is 4.62. The molecule has 1 rings (SSSR count). The van der Waals surface area contributed by atoms with Crippen LogP contribution in [0.25, 0.3) is 0 Å². The number of rotatable bonds is 5. The third kappa shape index (κ3) is 5.48. The van der Waals surface area contributed by atoms with Gasteiger partial charge in [0.1, 0.15) is 0 Å². The molecule has 112 valence electrons. The number of amides is 1. The molecular weight excluding hydrogens is 280 g/mol. The van der Waals surface area contributed by atoms with Crippen molar-refractivity contribution in [1.29, 1.82) is 0 Å². The Morgan fingerprint density at radius 2 is 1.85 bits per heavy atom. The Kier molecular flexibility index (Phi) is 7.69. The quantitative estimate of drug-likeness (QED) is 0.661.